The Bertz CT molecular complexity index is 760. The summed E-state index contributed by atoms with van der Waals surface area (Å²) in [6, 6.07) is 11.4. The van der Waals surface area contributed by atoms with Crippen molar-refractivity contribution in [2.75, 3.05) is 13.7 Å². The Hall–Kier alpha value is -1.92. The number of methoxy groups -OCH3 is 1. The summed E-state index contributed by atoms with van der Waals surface area (Å²) < 4.78 is 45.7. The lowest BCUT2D eigenvalue weighted by Crippen LogP contribution is -2.27. The molecular weight excluding hydrogens is 305 g/mol. The van der Waals surface area contributed by atoms with Crippen molar-refractivity contribution in [1.29, 1.82) is 0 Å². The smallest absolute Gasteiger partial charge is 0.243 e. The van der Waals surface area contributed by atoms with Crippen molar-refractivity contribution in [3.63, 3.8) is 0 Å². The highest BCUT2D eigenvalue weighted by atomic mass is 32.2. The van der Waals surface area contributed by atoms with Gasteiger partial charge in [0.25, 0.3) is 0 Å². The molecule has 0 saturated heterocycles. The Kier molecular flexibility index (Phi) is 5.15. The number of hydrogen-bond donors (Lipinski definition) is 1. The van der Waals surface area contributed by atoms with Gasteiger partial charge in [0.15, 0.2) is 0 Å². The second-order valence-electron chi connectivity index (χ2n) is 4.89. The van der Waals surface area contributed by atoms with Gasteiger partial charge in [0, 0.05) is 6.54 Å². The lowest BCUT2D eigenvalue weighted by atomic mass is 10.1. The number of nitrogens with one attached hydrogen (secondary N) is 1. The standard InChI is InChI=1S/C16H18FNO3S/c1-12-7-8-14(17)16(11-12)22(19,20)18-10-9-13-5-3-4-6-15(13)21-2/h3-8,11,18H,9-10H2,1-2H3. The summed E-state index contributed by atoms with van der Waals surface area (Å²) in [4.78, 5) is -0.326. The normalized spacial score (nSPS) is 11.4. The predicted octanol–water partition coefficient (Wildman–Crippen LogP) is 2.66. The molecule has 0 heterocycles. The lowest BCUT2D eigenvalue weighted by molar-refractivity contribution is 0.409. The number of para-hydroxylation sites is 1. The second-order valence-corrected chi connectivity index (χ2v) is 6.63. The van der Waals surface area contributed by atoms with Crippen molar-refractivity contribution in [2.45, 2.75) is 18.2 Å². The van der Waals surface area contributed by atoms with E-state index in [1.807, 2.05) is 24.3 Å². The molecule has 0 amide bonds. The van der Waals surface area contributed by atoms with Crippen LogP contribution in [-0.4, -0.2) is 22.1 Å². The van der Waals surface area contributed by atoms with E-state index in [9.17, 15) is 12.8 Å². The molecule has 4 nitrogen and oxygen atoms in total. The number of benzene rings is 2. The quantitative estimate of drug-likeness (QED) is 0.889. The van der Waals surface area contributed by atoms with Crippen LogP contribution in [0.4, 0.5) is 4.39 Å². The van der Waals surface area contributed by atoms with Crippen molar-refractivity contribution >= 4 is 10.0 Å². The number of aryl methyl sites for hydroxylation is 1. The van der Waals surface area contributed by atoms with E-state index in [0.29, 0.717) is 17.7 Å². The molecule has 2 aromatic carbocycles. The molecule has 118 valence electrons. The van der Waals surface area contributed by atoms with Gasteiger partial charge in [-0.15, -0.1) is 0 Å². The molecule has 2 rings (SSSR count). The van der Waals surface area contributed by atoms with Crippen LogP contribution in [0, 0.1) is 12.7 Å². The fraction of sp³-hybridized carbons (Fsp3) is 0.250. The minimum absolute atomic E-state index is 0.163. The van der Waals surface area contributed by atoms with Gasteiger partial charge in [0.2, 0.25) is 10.0 Å². The predicted molar refractivity (Wildman–Crippen MR) is 83.0 cm³/mol. The first-order valence-electron chi connectivity index (χ1n) is 6.82. The SMILES string of the molecule is COc1ccccc1CCNS(=O)(=O)c1cc(C)ccc1F. The van der Waals surface area contributed by atoms with Gasteiger partial charge in [-0.2, -0.15) is 0 Å². The van der Waals surface area contributed by atoms with Gasteiger partial charge >= 0.3 is 0 Å². The summed E-state index contributed by atoms with van der Waals surface area (Å²) >= 11 is 0. The van der Waals surface area contributed by atoms with Crippen LogP contribution in [0.15, 0.2) is 47.4 Å². The van der Waals surface area contributed by atoms with Crippen LogP contribution < -0.4 is 9.46 Å². The Morgan fingerprint density at radius 1 is 1.18 bits per heavy atom. The molecule has 0 aliphatic carbocycles. The molecule has 0 radical (unpaired) electrons. The van der Waals surface area contributed by atoms with Gasteiger partial charge in [-0.05, 0) is 42.7 Å². The average molecular weight is 323 g/mol. The molecule has 1 N–H and O–H groups in total. The number of halogens is 1. The van der Waals surface area contributed by atoms with Crippen LogP contribution in [0.25, 0.3) is 0 Å². The molecule has 0 bridgehead atoms. The maximum atomic E-state index is 13.7. The van der Waals surface area contributed by atoms with E-state index in [0.717, 1.165) is 11.6 Å². The molecule has 0 saturated carbocycles. The van der Waals surface area contributed by atoms with E-state index in [1.54, 1.807) is 14.0 Å². The molecule has 0 spiro atoms. The van der Waals surface area contributed by atoms with E-state index < -0.39 is 15.8 Å². The highest BCUT2D eigenvalue weighted by Gasteiger charge is 2.18. The molecule has 6 heteroatoms. The first kappa shape index (κ1) is 16.5. The largest absolute Gasteiger partial charge is 0.496 e. The van der Waals surface area contributed by atoms with Crippen molar-refractivity contribution in [2.24, 2.45) is 0 Å². The molecule has 0 aromatic heterocycles. The van der Waals surface area contributed by atoms with E-state index in [4.69, 9.17) is 4.74 Å². The van der Waals surface area contributed by atoms with Crippen LogP contribution >= 0.6 is 0 Å². The number of hydrogen-bond acceptors (Lipinski definition) is 3. The van der Waals surface area contributed by atoms with Crippen LogP contribution in [0.3, 0.4) is 0 Å². The molecule has 0 fully saturated rings. The fourth-order valence-electron chi connectivity index (χ4n) is 2.12. The molecule has 2 aromatic rings. The highest BCUT2D eigenvalue weighted by Crippen LogP contribution is 2.18. The van der Waals surface area contributed by atoms with Gasteiger partial charge < -0.3 is 4.74 Å². The Balaban J connectivity index is 2.09. The topological polar surface area (TPSA) is 55.4 Å². The zero-order valence-corrected chi connectivity index (χ0v) is 13.3. The number of ether oxygens (including phenoxy) is 1. The molecule has 0 aliphatic rings. The van der Waals surface area contributed by atoms with Crippen LogP contribution in [0.5, 0.6) is 5.75 Å². The third-order valence-electron chi connectivity index (χ3n) is 3.26. The van der Waals surface area contributed by atoms with Crippen molar-refractivity contribution < 1.29 is 17.5 Å². The summed E-state index contributed by atoms with van der Waals surface area (Å²) in [7, 11) is -2.31. The van der Waals surface area contributed by atoms with Crippen LogP contribution in [-0.2, 0) is 16.4 Å². The Morgan fingerprint density at radius 2 is 1.91 bits per heavy atom. The van der Waals surface area contributed by atoms with Gasteiger partial charge in [-0.1, -0.05) is 24.3 Å². The molecular formula is C16H18FNO3S. The van der Waals surface area contributed by atoms with Gasteiger partial charge in [0.1, 0.15) is 16.5 Å². The average Bonchev–Trinajstić information content (AvgIpc) is 2.50. The lowest BCUT2D eigenvalue weighted by Gasteiger charge is -2.10. The summed E-state index contributed by atoms with van der Waals surface area (Å²) in [5.74, 6) is -0.0566. The molecule has 22 heavy (non-hydrogen) atoms. The van der Waals surface area contributed by atoms with Crippen molar-refractivity contribution in [3.8, 4) is 5.75 Å². The summed E-state index contributed by atoms with van der Waals surface area (Å²) in [5.41, 5.74) is 1.57. The van der Waals surface area contributed by atoms with Crippen molar-refractivity contribution in [3.05, 3.63) is 59.4 Å². The van der Waals surface area contributed by atoms with Gasteiger partial charge in [-0.3, -0.25) is 0 Å². The van der Waals surface area contributed by atoms with E-state index in [1.165, 1.54) is 12.1 Å². The maximum absolute atomic E-state index is 13.7. The highest BCUT2D eigenvalue weighted by molar-refractivity contribution is 7.89. The summed E-state index contributed by atoms with van der Waals surface area (Å²) in [6.45, 7) is 1.88. The molecule has 0 atom stereocenters. The van der Waals surface area contributed by atoms with Gasteiger partial charge in [0.05, 0.1) is 7.11 Å². The zero-order valence-electron chi connectivity index (χ0n) is 12.5. The number of rotatable bonds is 6. The zero-order chi connectivity index (χ0) is 16.2. The first-order valence-corrected chi connectivity index (χ1v) is 8.30. The minimum Gasteiger partial charge on any atom is -0.496 e. The summed E-state index contributed by atoms with van der Waals surface area (Å²) in [6.07, 6.45) is 0.455. The monoisotopic (exact) mass is 323 g/mol. The fourth-order valence-corrected chi connectivity index (χ4v) is 3.32. The molecule has 0 aliphatic heterocycles. The second kappa shape index (κ2) is 6.89. The maximum Gasteiger partial charge on any atom is 0.243 e. The third-order valence-corrected chi connectivity index (χ3v) is 4.73. The first-order chi connectivity index (χ1) is 10.4. The van der Waals surface area contributed by atoms with Crippen molar-refractivity contribution in [1.82, 2.24) is 4.72 Å². The van der Waals surface area contributed by atoms with E-state index >= 15 is 0 Å². The molecule has 0 unspecified atom stereocenters. The third kappa shape index (κ3) is 3.84. The minimum atomic E-state index is -3.87. The van der Waals surface area contributed by atoms with Crippen LogP contribution in [0.2, 0.25) is 0 Å². The van der Waals surface area contributed by atoms with Gasteiger partial charge in [-0.25, -0.2) is 17.5 Å². The number of sulfonamides is 1. The summed E-state index contributed by atoms with van der Waals surface area (Å²) in [5, 5.41) is 0. The Morgan fingerprint density at radius 3 is 2.64 bits per heavy atom. The van der Waals surface area contributed by atoms with E-state index in [2.05, 4.69) is 4.72 Å². The van der Waals surface area contributed by atoms with E-state index in [-0.39, 0.29) is 11.4 Å². The van der Waals surface area contributed by atoms with Crippen LogP contribution in [0.1, 0.15) is 11.1 Å². The Labute approximate surface area is 130 Å².